The van der Waals surface area contributed by atoms with Gasteiger partial charge in [-0.15, -0.1) is 0 Å². The summed E-state index contributed by atoms with van der Waals surface area (Å²) in [5.74, 6) is 0.176. The number of nitrogens with zero attached hydrogens (tertiary/aromatic N) is 3. The van der Waals surface area contributed by atoms with Gasteiger partial charge < -0.3 is 14.9 Å². The molecule has 3 amide bonds. The van der Waals surface area contributed by atoms with Crippen LogP contribution in [0.3, 0.4) is 0 Å². The Morgan fingerprint density at radius 3 is 2.90 bits per heavy atom. The molecular formula is C12H18N4O3S. The highest BCUT2D eigenvalue weighted by Gasteiger charge is 2.48. The number of allylic oxidation sites excluding steroid dienone is 1. The summed E-state index contributed by atoms with van der Waals surface area (Å²) in [6.45, 7) is 2.49. The van der Waals surface area contributed by atoms with Crippen LogP contribution in [0, 0.1) is 0 Å². The fourth-order valence-corrected chi connectivity index (χ4v) is 2.98. The molecule has 7 nitrogen and oxygen atoms in total. The van der Waals surface area contributed by atoms with Crippen molar-refractivity contribution in [2.45, 2.75) is 19.1 Å². The van der Waals surface area contributed by atoms with Crippen molar-refractivity contribution in [3.63, 3.8) is 0 Å². The maximum atomic E-state index is 12.1. The Bertz CT molecular complexity index is 466. The molecule has 0 spiro atoms. The van der Waals surface area contributed by atoms with Crippen molar-refractivity contribution in [1.82, 2.24) is 15.1 Å². The third kappa shape index (κ3) is 2.66. The quantitative estimate of drug-likeness (QED) is 0.704. The Morgan fingerprint density at radius 2 is 2.25 bits per heavy atom. The van der Waals surface area contributed by atoms with Gasteiger partial charge in [0.1, 0.15) is 0 Å². The SMILES string of the molecule is C/C=C/CN1C(SCCO)=NC2C1C(=O)NC(=O)N2C. The lowest BCUT2D eigenvalue weighted by molar-refractivity contribution is -0.126. The van der Waals surface area contributed by atoms with E-state index < -0.39 is 18.2 Å². The van der Waals surface area contributed by atoms with Crippen LogP contribution < -0.4 is 5.32 Å². The molecule has 0 saturated carbocycles. The van der Waals surface area contributed by atoms with Gasteiger partial charge in [-0.3, -0.25) is 10.1 Å². The Kier molecular flexibility index (Phi) is 4.66. The van der Waals surface area contributed by atoms with E-state index in [-0.39, 0.29) is 12.5 Å². The van der Waals surface area contributed by atoms with Crippen LogP contribution in [0.2, 0.25) is 0 Å². The third-order valence-electron chi connectivity index (χ3n) is 3.18. The van der Waals surface area contributed by atoms with Gasteiger partial charge in [0.15, 0.2) is 17.4 Å². The summed E-state index contributed by atoms with van der Waals surface area (Å²) in [6.07, 6.45) is 3.33. The van der Waals surface area contributed by atoms with E-state index in [1.54, 1.807) is 7.05 Å². The van der Waals surface area contributed by atoms with Gasteiger partial charge >= 0.3 is 6.03 Å². The molecular weight excluding hydrogens is 280 g/mol. The molecule has 2 heterocycles. The minimum Gasteiger partial charge on any atom is -0.396 e. The summed E-state index contributed by atoms with van der Waals surface area (Å²) in [5, 5.41) is 12.0. The van der Waals surface area contributed by atoms with E-state index in [1.807, 2.05) is 24.0 Å². The molecule has 2 aliphatic heterocycles. The summed E-state index contributed by atoms with van der Waals surface area (Å²) < 4.78 is 0. The average Bonchev–Trinajstić information content (AvgIpc) is 2.79. The van der Waals surface area contributed by atoms with Gasteiger partial charge in [-0.2, -0.15) is 0 Å². The number of carbonyl (C=O) groups excluding carboxylic acids is 2. The van der Waals surface area contributed by atoms with Crippen molar-refractivity contribution >= 4 is 28.9 Å². The second kappa shape index (κ2) is 6.27. The van der Waals surface area contributed by atoms with Crippen LogP contribution in [0.1, 0.15) is 6.92 Å². The van der Waals surface area contributed by atoms with E-state index >= 15 is 0 Å². The van der Waals surface area contributed by atoms with Gasteiger partial charge in [-0.25, -0.2) is 9.79 Å². The van der Waals surface area contributed by atoms with Crippen molar-refractivity contribution in [3.05, 3.63) is 12.2 Å². The highest BCUT2D eigenvalue weighted by molar-refractivity contribution is 8.13. The van der Waals surface area contributed by atoms with E-state index in [4.69, 9.17) is 5.11 Å². The fraction of sp³-hybridized carbons (Fsp3) is 0.583. The molecule has 110 valence electrons. The number of aliphatic imine (C=N–C) groups is 1. The Hall–Kier alpha value is -1.54. The number of hydrogen-bond acceptors (Lipinski definition) is 6. The number of rotatable bonds is 4. The van der Waals surface area contributed by atoms with Gasteiger partial charge in [0.2, 0.25) is 0 Å². The molecule has 2 unspecified atom stereocenters. The molecule has 1 saturated heterocycles. The first-order valence-electron chi connectivity index (χ1n) is 6.37. The van der Waals surface area contributed by atoms with Crippen molar-refractivity contribution in [1.29, 1.82) is 0 Å². The molecule has 0 radical (unpaired) electrons. The lowest BCUT2D eigenvalue weighted by atomic mass is 10.1. The maximum absolute atomic E-state index is 12.1. The van der Waals surface area contributed by atoms with Crippen LogP contribution in [0.4, 0.5) is 4.79 Å². The van der Waals surface area contributed by atoms with E-state index in [9.17, 15) is 9.59 Å². The van der Waals surface area contributed by atoms with Crippen LogP contribution in [0.25, 0.3) is 0 Å². The van der Waals surface area contributed by atoms with Crippen molar-refractivity contribution in [2.75, 3.05) is 26.0 Å². The summed E-state index contributed by atoms with van der Waals surface area (Å²) in [5.41, 5.74) is 0. The molecule has 20 heavy (non-hydrogen) atoms. The number of carbonyl (C=O) groups is 2. The first-order valence-corrected chi connectivity index (χ1v) is 7.35. The highest BCUT2D eigenvalue weighted by atomic mass is 32.2. The Balaban J connectivity index is 2.25. The summed E-state index contributed by atoms with van der Waals surface area (Å²) in [4.78, 5) is 31.5. The number of aliphatic hydroxyl groups is 1. The average molecular weight is 298 g/mol. The monoisotopic (exact) mass is 298 g/mol. The summed E-state index contributed by atoms with van der Waals surface area (Å²) in [7, 11) is 1.62. The molecule has 0 aromatic heterocycles. The number of aliphatic hydroxyl groups excluding tert-OH is 1. The molecule has 2 N–H and O–H groups in total. The van der Waals surface area contributed by atoms with E-state index in [0.717, 1.165) is 0 Å². The molecule has 0 aromatic carbocycles. The zero-order chi connectivity index (χ0) is 14.7. The zero-order valence-corrected chi connectivity index (χ0v) is 12.3. The molecule has 2 atom stereocenters. The molecule has 0 aromatic rings. The number of imide groups is 1. The number of urea groups is 1. The first kappa shape index (κ1) is 14.9. The van der Waals surface area contributed by atoms with Crippen molar-refractivity contribution in [3.8, 4) is 0 Å². The number of amidine groups is 1. The van der Waals surface area contributed by atoms with Gasteiger partial charge in [0.05, 0.1) is 6.61 Å². The number of nitrogens with one attached hydrogen (secondary N) is 1. The second-order valence-corrected chi connectivity index (χ2v) is 5.53. The lowest BCUT2D eigenvalue weighted by Crippen LogP contribution is -2.63. The van der Waals surface area contributed by atoms with Crippen molar-refractivity contribution < 1.29 is 14.7 Å². The molecule has 2 rings (SSSR count). The molecule has 8 heteroatoms. The number of hydrogen-bond donors (Lipinski definition) is 2. The lowest BCUT2D eigenvalue weighted by Gasteiger charge is -2.35. The molecule has 0 bridgehead atoms. The Morgan fingerprint density at radius 1 is 1.50 bits per heavy atom. The topological polar surface area (TPSA) is 85.2 Å². The summed E-state index contributed by atoms with van der Waals surface area (Å²) >= 11 is 1.39. The fourth-order valence-electron chi connectivity index (χ4n) is 2.17. The van der Waals surface area contributed by atoms with Crippen LogP contribution in [-0.2, 0) is 4.79 Å². The van der Waals surface area contributed by atoms with Gasteiger partial charge in [0, 0.05) is 19.3 Å². The van der Waals surface area contributed by atoms with Crippen LogP contribution >= 0.6 is 11.8 Å². The predicted molar refractivity (Wildman–Crippen MR) is 77.4 cm³/mol. The minimum atomic E-state index is -0.505. The van der Waals surface area contributed by atoms with E-state index in [0.29, 0.717) is 17.5 Å². The molecule has 2 aliphatic rings. The smallest absolute Gasteiger partial charge is 0.325 e. The zero-order valence-electron chi connectivity index (χ0n) is 11.4. The summed E-state index contributed by atoms with van der Waals surface area (Å²) in [6, 6.07) is -0.936. The minimum absolute atomic E-state index is 0.0391. The third-order valence-corrected chi connectivity index (χ3v) is 4.17. The normalized spacial score (nSPS) is 26.1. The van der Waals surface area contributed by atoms with Crippen LogP contribution in [0.5, 0.6) is 0 Å². The largest absolute Gasteiger partial charge is 0.396 e. The number of thioether (sulfide) groups is 1. The Labute approximate surface area is 121 Å². The van der Waals surface area contributed by atoms with Gasteiger partial charge in [-0.1, -0.05) is 23.9 Å². The van der Waals surface area contributed by atoms with Crippen molar-refractivity contribution in [2.24, 2.45) is 4.99 Å². The number of amides is 3. The van der Waals surface area contributed by atoms with Crippen LogP contribution in [0.15, 0.2) is 17.1 Å². The number of likely N-dealkylation sites (N-methyl/N-ethyl adjacent to an activating group) is 1. The molecule has 1 fully saturated rings. The highest BCUT2D eigenvalue weighted by Crippen LogP contribution is 2.28. The van der Waals surface area contributed by atoms with Crippen LogP contribution in [-0.4, -0.2) is 70.2 Å². The maximum Gasteiger partial charge on any atom is 0.325 e. The predicted octanol–water partition coefficient (Wildman–Crippen LogP) is -0.164. The van der Waals surface area contributed by atoms with E-state index in [2.05, 4.69) is 10.3 Å². The number of fused-ring (bicyclic) bond motifs is 1. The second-order valence-electron chi connectivity index (χ2n) is 4.47. The molecule has 0 aliphatic carbocycles. The first-order chi connectivity index (χ1) is 9.60. The van der Waals surface area contributed by atoms with E-state index in [1.165, 1.54) is 16.7 Å². The standard InChI is InChI=1S/C12H18N4O3S/c1-3-4-5-16-8-9(13-12(16)20-7-6-17)15(2)11(19)14-10(8)18/h3-4,8-9,17H,5-7H2,1-2H3,(H,14,18,19)/b4-3+. The van der Waals surface area contributed by atoms with Gasteiger partial charge in [0.25, 0.3) is 5.91 Å². The van der Waals surface area contributed by atoms with Gasteiger partial charge in [-0.05, 0) is 6.92 Å².